The molecule has 0 amide bonds. The zero-order chi connectivity index (χ0) is 11.3. The molecule has 0 aromatic rings. The predicted molar refractivity (Wildman–Crippen MR) is 58.5 cm³/mol. The fraction of sp³-hybridized carbons (Fsp3) is 0.750. The first-order valence-corrected chi connectivity index (χ1v) is 5.70. The van der Waals surface area contributed by atoms with E-state index >= 15 is 0 Å². The lowest BCUT2D eigenvalue weighted by Crippen LogP contribution is -2.20. The number of carbonyl (C=O) groups is 1. The van der Waals surface area contributed by atoms with Crippen molar-refractivity contribution in [2.24, 2.45) is 11.8 Å². The molecule has 15 heavy (non-hydrogen) atoms. The fourth-order valence-electron chi connectivity index (χ4n) is 2.37. The Kier molecular flexibility index (Phi) is 4.82. The number of hydrogen-bond acceptors (Lipinski definition) is 2. The molecule has 0 bridgehead atoms. The first-order valence-electron chi connectivity index (χ1n) is 5.70. The van der Waals surface area contributed by atoms with E-state index in [0.717, 1.165) is 25.7 Å². The molecule has 0 heterocycles. The Morgan fingerprint density at radius 1 is 1.40 bits per heavy atom. The van der Waals surface area contributed by atoms with Gasteiger partial charge in [0.15, 0.2) is 0 Å². The van der Waals surface area contributed by atoms with Crippen LogP contribution < -0.4 is 0 Å². The zero-order valence-corrected chi connectivity index (χ0v) is 9.22. The first kappa shape index (κ1) is 12.2. The van der Waals surface area contributed by atoms with Crippen molar-refractivity contribution in [2.75, 3.05) is 0 Å². The van der Waals surface area contributed by atoms with Crippen molar-refractivity contribution >= 4 is 5.97 Å². The summed E-state index contributed by atoms with van der Waals surface area (Å²) in [5, 5.41) is 18.5. The Hall–Kier alpha value is -0.830. The van der Waals surface area contributed by atoms with E-state index in [4.69, 9.17) is 5.11 Å². The number of aliphatic hydroxyl groups is 1. The van der Waals surface area contributed by atoms with Crippen LogP contribution in [0, 0.1) is 11.8 Å². The lowest BCUT2D eigenvalue weighted by molar-refractivity contribution is -0.138. The minimum atomic E-state index is -0.751. The molecule has 0 aromatic heterocycles. The minimum absolute atomic E-state index is 0.142. The van der Waals surface area contributed by atoms with Crippen molar-refractivity contribution in [3.8, 4) is 0 Å². The molecule has 3 nitrogen and oxygen atoms in total. The second-order valence-corrected chi connectivity index (χ2v) is 4.28. The average molecular weight is 212 g/mol. The van der Waals surface area contributed by atoms with Crippen LogP contribution in [0.15, 0.2) is 12.2 Å². The molecule has 86 valence electrons. The molecule has 3 atom stereocenters. The van der Waals surface area contributed by atoms with Crippen LogP contribution in [0.3, 0.4) is 0 Å². The number of carboxylic acid groups (broad SMARTS) is 1. The highest BCUT2D eigenvalue weighted by molar-refractivity contribution is 5.67. The van der Waals surface area contributed by atoms with Gasteiger partial charge in [0, 0.05) is 6.42 Å². The number of rotatable bonds is 5. The van der Waals surface area contributed by atoms with Crippen molar-refractivity contribution in [3.63, 3.8) is 0 Å². The van der Waals surface area contributed by atoms with Gasteiger partial charge in [0.2, 0.25) is 0 Å². The Bertz CT molecular complexity index is 235. The van der Waals surface area contributed by atoms with Gasteiger partial charge in [-0.3, -0.25) is 4.79 Å². The van der Waals surface area contributed by atoms with Crippen molar-refractivity contribution in [1.29, 1.82) is 0 Å². The van der Waals surface area contributed by atoms with Gasteiger partial charge in [-0.05, 0) is 37.5 Å². The molecule has 0 aromatic carbocycles. The lowest BCUT2D eigenvalue weighted by atomic mass is 9.89. The first-order chi connectivity index (χ1) is 7.15. The molecule has 1 fully saturated rings. The SMILES string of the molecule is CC/C=C\C[C@@H]1[C@H](CC(=O)O)CC[C@H]1O. The molecule has 1 rings (SSSR count). The van der Waals surface area contributed by atoms with E-state index in [9.17, 15) is 9.90 Å². The Labute approximate surface area is 90.8 Å². The second-order valence-electron chi connectivity index (χ2n) is 4.28. The highest BCUT2D eigenvalue weighted by Gasteiger charge is 2.34. The normalized spacial score (nSPS) is 31.2. The van der Waals surface area contributed by atoms with Gasteiger partial charge in [0.25, 0.3) is 0 Å². The Morgan fingerprint density at radius 2 is 2.13 bits per heavy atom. The van der Waals surface area contributed by atoms with Crippen LogP contribution in [0.2, 0.25) is 0 Å². The molecule has 1 saturated carbocycles. The topological polar surface area (TPSA) is 57.5 Å². The molecule has 0 saturated heterocycles. The summed E-state index contributed by atoms with van der Waals surface area (Å²) in [5.74, 6) is -0.457. The van der Waals surface area contributed by atoms with E-state index in [2.05, 4.69) is 19.1 Å². The van der Waals surface area contributed by atoms with E-state index in [1.807, 2.05) is 0 Å². The average Bonchev–Trinajstić information content (AvgIpc) is 2.49. The van der Waals surface area contributed by atoms with Gasteiger partial charge < -0.3 is 10.2 Å². The predicted octanol–water partition coefficient (Wildman–Crippen LogP) is 2.20. The Morgan fingerprint density at radius 3 is 2.73 bits per heavy atom. The number of allylic oxidation sites excluding steroid dienone is 2. The molecule has 0 unspecified atom stereocenters. The van der Waals surface area contributed by atoms with Crippen LogP contribution in [0.4, 0.5) is 0 Å². The van der Waals surface area contributed by atoms with Crippen molar-refractivity contribution in [3.05, 3.63) is 12.2 Å². The third-order valence-corrected chi connectivity index (χ3v) is 3.18. The maximum Gasteiger partial charge on any atom is 0.303 e. The van der Waals surface area contributed by atoms with Crippen LogP contribution in [0.1, 0.15) is 39.0 Å². The Balaban J connectivity index is 2.48. The minimum Gasteiger partial charge on any atom is -0.481 e. The van der Waals surface area contributed by atoms with Gasteiger partial charge in [0.1, 0.15) is 0 Å². The van der Waals surface area contributed by atoms with Gasteiger partial charge >= 0.3 is 5.97 Å². The maximum absolute atomic E-state index is 10.6. The monoisotopic (exact) mass is 212 g/mol. The van der Waals surface area contributed by atoms with Crippen molar-refractivity contribution < 1.29 is 15.0 Å². The van der Waals surface area contributed by atoms with Crippen LogP contribution >= 0.6 is 0 Å². The quantitative estimate of drug-likeness (QED) is 0.687. The van der Waals surface area contributed by atoms with E-state index in [-0.39, 0.29) is 24.4 Å². The van der Waals surface area contributed by atoms with Gasteiger partial charge in [-0.2, -0.15) is 0 Å². The van der Waals surface area contributed by atoms with E-state index in [0.29, 0.717) is 0 Å². The van der Waals surface area contributed by atoms with E-state index < -0.39 is 5.97 Å². The van der Waals surface area contributed by atoms with Gasteiger partial charge in [-0.15, -0.1) is 0 Å². The van der Waals surface area contributed by atoms with Crippen LogP contribution in [0.25, 0.3) is 0 Å². The van der Waals surface area contributed by atoms with Gasteiger partial charge in [0.05, 0.1) is 6.10 Å². The summed E-state index contributed by atoms with van der Waals surface area (Å²) in [6, 6.07) is 0. The smallest absolute Gasteiger partial charge is 0.303 e. The molecule has 3 heteroatoms. The molecule has 0 radical (unpaired) electrons. The van der Waals surface area contributed by atoms with Crippen LogP contribution in [-0.4, -0.2) is 22.3 Å². The molecule has 1 aliphatic rings. The summed E-state index contributed by atoms with van der Waals surface area (Å²) in [7, 11) is 0. The third-order valence-electron chi connectivity index (χ3n) is 3.18. The van der Waals surface area contributed by atoms with Crippen LogP contribution in [0.5, 0.6) is 0 Å². The standard InChI is InChI=1S/C12H20O3/c1-2-3-4-5-10-9(8-12(14)15)6-7-11(10)13/h3-4,9-11,13H,2,5-8H2,1H3,(H,14,15)/b4-3-/t9-,10+,11+/m0/s1. The van der Waals surface area contributed by atoms with E-state index in [1.165, 1.54) is 0 Å². The molecule has 2 N–H and O–H groups in total. The number of carboxylic acids is 1. The summed E-state index contributed by atoms with van der Waals surface area (Å²) < 4.78 is 0. The summed E-state index contributed by atoms with van der Waals surface area (Å²) in [4.78, 5) is 10.6. The third kappa shape index (κ3) is 3.67. The number of hydrogen-bond donors (Lipinski definition) is 2. The van der Waals surface area contributed by atoms with Crippen LogP contribution in [-0.2, 0) is 4.79 Å². The van der Waals surface area contributed by atoms with E-state index in [1.54, 1.807) is 0 Å². The summed E-state index contributed by atoms with van der Waals surface area (Å²) in [6.07, 6.45) is 7.43. The molecule has 1 aliphatic carbocycles. The summed E-state index contributed by atoms with van der Waals surface area (Å²) in [5.41, 5.74) is 0. The lowest BCUT2D eigenvalue weighted by Gasteiger charge is -2.18. The highest BCUT2D eigenvalue weighted by Crippen LogP contribution is 2.36. The molecule has 0 spiro atoms. The van der Waals surface area contributed by atoms with Gasteiger partial charge in [-0.1, -0.05) is 19.1 Å². The maximum atomic E-state index is 10.6. The molecule has 0 aliphatic heterocycles. The number of aliphatic carboxylic acids is 1. The zero-order valence-electron chi connectivity index (χ0n) is 9.22. The second kappa shape index (κ2) is 5.91. The summed E-state index contributed by atoms with van der Waals surface area (Å²) in [6.45, 7) is 2.07. The highest BCUT2D eigenvalue weighted by atomic mass is 16.4. The largest absolute Gasteiger partial charge is 0.481 e. The molecular weight excluding hydrogens is 192 g/mol. The fourth-order valence-corrected chi connectivity index (χ4v) is 2.37. The van der Waals surface area contributed by atoms with Gasteiger partial charge in [-0.25, -0.2) is 0 Å². The number of aliphatic hydroxyl groups excluding tert-OH is 1. The van der Waals surface area contributed by atoms with Crippen molar-refractivity contribution in [2.45, 2.75) is 45.1 Å². The molecular formula is C12H20O3. The van der Waals surface area contributed by atoms with Crippen molar-refractivity contribution in [1.82, 2.24) is 0 Å². The summed E-state index contributed by atoms with van der Waals surface area (Å²) >= 11 is 0.